The molecule has 0 aliphatic heterocycles. The fraction of sp³-hybridized carbons (Fsp3) is 0.455. The molecule has 0 amide bonds. The lowest BCUT2D eigenvalue weighted by atomic mass is 10.2. The van der Waals surface area contributed by atoms with Gasteiger partial charge in [-0.1, -0.05) is 0 Å². The van der Waals surface area contributed by atoms with E-state index in [-0.39, 0.29) is 5.69 Å². The van der Waals surface area contributed by atoms with Crippen LogP contribution in [0.1, 0.15) is 17.4 Å². The van der Waals surface area contributed by atoms with Gasteiger partial charge in [-0.3, -0.25) is 0 Å². The molecule has 17 heavy (non-hydrogen) atoms. The first-order valence-corrected chi connectivity index (χ1v) is 5.97. The van der Waals surface area contributed by atoms with Crippen LogP contribution in [0.25, 0.3) is 0 Å². The smallest absolute Gasteiger partial charge is 0.131 e. The number of hydrogen-bond acceptors (Lipinski definition) is 6. The zero-order valence-electron chi connectivity index (χ0n) is 9.86. The van der Waals surface area contributed by atoms with Crippen LogP contribution in [0.3, 0.4) is 0 Å². The Morgan fingerprint density at radius 1 is 1.41 bits per heavy atom. The third-order valence-corrected chi connectivity index (χ3v) is 3.55. The quantitative estimate of drug-likeness (QED) is 0.856. The van der Waals surface area contributed by atoms with E-state index in [4.69, 9.17) is 21.0 Å². The number of ether oxygens (including phenoxy) is 1. The minimum Gasteiger partial charge on any atom is -0.396 e. The van der Waals surface area contributed by atoms with E-state index in [0.29, 0.717) is 23.6 Å². The van der Waals surface area contributed by atoms with E-state index < -0.39 is 0 Å². The summed E-state index contributed by atoms with van der Waals surface area (Å²) in [7, 11) is 1.63. The number of nitrogens with two attached hydrogens (primary N) is 1. The van der Waals surface area contributed by atoms with Crippen molar-refractivity contribution < 1.29 is 4.74 Å². The van der Waals surface area contributed by atoms with Crippen LogP contribution in [0.4, 0.5) is 10.7 Å². The first kappa shape index (κ1) is 13.3. The molecule has 0 aromatic carbocycles. The second-order valence-electron chi connectivity index (χ2n) is 3.32. The van der Waals surface area contributed by atoms with Gasteiger partial charge in [0, 0.05) is 20.2 Å². The molecular formula is C11H14N4OS. The Balaban J connectivity index is 3.12. The maximum Gasteiger partial charge on any atom is 0.131 e. The third-order valence-electron chi connectivity index (χ3n) is 2.37. The van der Waals surface area contributed by atoms with Gasteiger partial charge in [0.05, 0.1) is 12.3 Å². The molecule has 1 aromatic rings. The number of methoxy groups -OCH3 is 1. The average Bonchev–Trinajstić information content (AvgIpc) is 2.67. The molecule has 1 rings (SSSR count). The van der Waals surface area contributed by atoms with Crippen molar-refractivity contribution in [2.45, 2.75) is 6.92 Å². The molecule has 0 atom stereocenters. The summed E-state index contributed by atoms with van der Waals surface area (Å²) in [4.78, 5) is 2.39. The van der Waals surface area contributed by atoms with Crippen LogP contribution < -0.4 is 10.6 Å². The molecule has 6 heteroatoms. The number of nitrogen functional groups attached to an aromatic ring is 1. The largest absolute Gasteiger partial charge is 0.396 e. The van der Waals surface area contributed by atoms with Crippen LogP contribution in [0.5, 0.6) is 0 Å². The van der Waals surface area contributed by atoms with E-state index in [1.54, 1.807) is 7.11 Å². The molecule has 0 aliphatic carbocycles. The number of thiophene rings is 1. The van der Waals surface area contributed by atoms with Crippen LogP contribution in [0.15, 0.2) is 0 Å². The molecule has 1 aromatic heterocycles. The molecule has 0 fully saturated rings. The second kappa shape index (κ2) is 6.09. The first-order valence-electron chi connectivity index (χ1n) is 5.15. The number of rotatable bonds is 5. The highest BCUT2D eigenvalue weighted by Crippen LogP contribution is 2.37. The van der Waals surface area contributed by atoms with Crippen molar-refractivity contribution in [3.8, 4) is 12.1 Å². The van der Waals surface area contributed by atoms with Crippen LogP contribution in [0, 0.1) is 22.7 Å². The summed E-state index contributed by atoms with van der Waals surface area (Å²) in [6.45, 7) is 3.96. The lowest BCUT2D eigenvalue weighted by Crippen LogP contribution is -2.26. The maximum absolute atomic E-state index is 9.09. The lowest BCUT2D eigenvalue weighted by Gasteiger charge is -2.20. The summed E-state index contributed by atoms with van der Waals surface area (Å²) in [6.07, 6.45) is 0. The zero-order chi connectivity index (χ0) is 12.8. The monoisotopic (exact) mass is 250 g/mol. The van der Waals surface area contributed by atoms with E-state index in [1.807, 2.05) is 17.9 Å². The number of nitrogens with zero attached hydrogens (tertiary/aromatic N) is 3. The molecule has 0 spiro atoms. The van der Waals surface area contributed by atoms with Gasteiger partial charge >= 0.3 is 0 Å². The normalized spacial score (nSPS) is 9.65. The van der Waals surface area contributed by atoms with Crippen molar-refractivity contribution in [1.29, 1.82) is 10.5 Å². The highest BCUT2D eigenvalue weighted by molar-refractivity contribution is 7.17. The first-order chi connectivity index (χ1) is 8.19. The minimum atomic E-state index is 0.283. The molecular weight excluding hydrogens is 236 g/mol. The van der Waals surface area contributed by atoms with Crippen molar-refractivity contribution in [1.82, 2.24) is 0 Å². The van der Waals surface area contributed by atoms with E-state index >= 15 is 0 Å². The van der Waals surface area contributed by atoms with Crippen LogP contribution in [-0.4, -0.2) is 26.8 Å². The molecule has 0 aliphatic rings. The van der Waals surface area contributed by atoms with Gasteiger partial charge in [-0.2, -0.15) is 10.5 Å². The van der Waals surface area contributed by atoms with Gasteiger partial charge in [0.15, 0.2) is 0 Å². The molecule has 1 heterocycles. The topological polar surface area (TPSA) is 86.1 Å². The number of anilines is 2. The Morgan fingerprint density at radius 3 is 2.59 bits per heavy atom. The van der Waals surface area contributed by atoms with Crippen LogP contribution >= 0.6 is 11.3 Å². The summed E-state index contributed by atoms with van der Waals surface area (Å²) in [6, 6.07) is 4.07. The third kappa shape index (κ3) is 2.68. The molecule has 2 N–H and O–H groups in total. The highest BCUT2D eigenvalue weighted by atomic mass is 32.1. The summed E-state index contributed by atoms with van der Waals surface area (Å²) in [5, 5.41) is 18.7. The van der Waals surface area contributed by atoms with Crippen molar-refractivity contribution in [2.75, 3.05) is 37.4 Å². The van der Waals surface area contributed by atoms with E-state index in [1.165, 1.54) is 11.3 Å². The van der Waals surface area contributed by atoms with E-state index in [2.05, 4.69) is 6.07 Å². The predicted molar refractivity (Wildman–Crippen MR) is 67.9 cm³/mol. The summed E-state index contributed by atoms with van der Waals surface area (Å²) < 4.78 is 5.02. The van der Waals surface area contributed by atoms with Gasteiger partial charge in [-0.05, 0) is 6.92 Å². The molecule has 0 bridgehead atoms. The van der Waals surface area contributed by atoms with Crippen molar-refractivity contribution >= 4 is 22.0 Å². The van der Waals surface area contributed by atoms with Crippen molar-refractivity contribution in [2.24, 2.45) is 0 Å². The Bertz CT molecular complexity index is 469. The maximum atomic E-state index is 9.09. The summed E-state index contributed by atoms with van der Waals surface area (Å²) >= 11 is 1.26. The van der Waals surface area contributed by atoms with Crippen LogP contribution in [-0.2, 0) is 4.74 Å². The Hall–Kier alpha value is -1.76. The molecule has 0 radical (unpaired) electrons. The van der Waals surface area contributed by atoms with Gasteiger partial charge < -0.3 is 15.4 Å². The molecule has 0 unspecified atom stereocenters. The second-order valence-corrected chi connectivity index (χ2v) is 4.32. The summed E-state index contributed by atoms with van der Waals surface area (Å²) in [5.74, 6) is 0. The van der Waals surface area contributed by atoms with Gasteiger partial charge in [-0.25, -0.2) is 0 Å². The van der Waals surface area contributed by atoms with E-state index in [9.17, 15) is 0 Å². The molecule has 5 nitrogen and oxygen atoms in total. The predicted octanol–water partition coefficient (Wildman–Crippen LogP) is 1.55. The molecule has 0 saturated heterocycles. The standard InChI is InChI=1S/C11H14N4OS/c1-3-15(4-5-16-2)11-8(6-12)10(14)9(7-13)17-11/h3-5,14H2,1-2H3. The number of likely N-dealkylation sites (N-methyl/N-ethyl adjacent to an activating group) is 1. The number of hydrogen-bond donors (Lipinski definition) is 1. The molecule has 0 saturated carbocycles. The lowest BCUT2D eigenvalue weighted by molar-refractivity contribution is 0.205. The van der Waals surface area contributed by atoms with Gasteiger partial charge in [-0.15, -0.1) is 11.3 Å². The fourth-order valence-corrected chi connectivity index (χ4v) is 2.51. The number of nitriles is 2. The van der Waals surface area contributed by atoms with Gasteiger partial charge in [0.1, 0.15) is 27.6 Å². The van der Waals surface area contributed by atoms with Crippen LogP contribution in [0.2, 0.25) is 0 Å². The van der Waals surface area contributed by atoms with E-state index in [0.717, 1.165) is 11.5 Å². The van der Waals surface area contributed by atoms with Crippen molar-refractivity contribution in [3.63, 3.8) is 0 Å². The Kier molecular flexibility index (Phi) is 4.77. The minimum absolute atomic E-state index is 0.283. The van der Waals surface area contributed by atoms with Gasteiger partial charge in [0.2, 0.25) is 0 Å². The highest BCUT2D eigenvalue weighted by Gasteiger charge is 2.19. The summed E-state index contributed by atoms with van der Waals surface area (Å²) in [5.41, 5.74) is 6.43. The Morgan fingerprint density at radius 2 is 2.12 bits per heavy atom. The average molecular weight is 250 g/mol. The van der Waals surface area contributed by atoms with Crippen molar-refractivity contribution in [3.05, 3.63) is 10.4 Å². The fourth-order valence-electron chi connectivity index (χ4n) is 1.45. The zero-order valence-corrected chi connectivity index (χ0v) is 10.7. The SMILES string of the molecule is CCN(CCOC)c1sc(C#N)c(N)c1C#N. The molecule has 90 valence electrons. The Labute approximate surface area is 105 Å². The van der Waals surface area contributed by atoms with Gasteiger partial charge in [0.25, 0.3) is 0 Å².